The minimum absolute atomic E-state index is 0.0482. The zero-order chi connectivity index (χ0) is 28.6. The fourth-order valence-electron chi connectivity index (χ4n) is 4.48. The molecule has 2 aliphatic rings. The molecule has 2 rings (SSSR count). The largest absolute Gasteiger partial charge is 0.456 e. The van der Waals surface area contributed by atoms with Gasteiger partial charge in [0, 0.05) is 54.6 Å². The molecule has 0 fully saturated rings. The maximum absolute atomic E-state index is 12.5. The van der Waals surface area contributed by atoms with Crippen LogP contribution < -0.4 is 0 Å². The summed E-state index contributed by atoms with van der Waals surface area (Å²) in [6.07, 6.45) is 6.25. The summed E-state index contributed by atoms with van der Waals surface area (Å²) in [5, 5.41) is 0. The predicted octanol–water partition coefficient (Wildman–Crippen LogP) is 0.843. The number of hydrogen-bond acceptors (Lipinski definition) is 10. The Kier molecular flexibility index (Phi) is 10.8. The van der Waals surface area contributed by atoms with Crippen LogP contribution >= 0.6 is 0 Å². The van der Waals surface area contributed by atoms with Gasteiger partial charge in [0.2, 0.25) is 11.8 Å². The number of amides is 2. The van der Waals surface area contributed by atoms with Crippen molar-refractivity contribution in [1.82, 2.24) is 9.80 Å². The Labute approximate surface area is 221 Å². The third kappa shape index (κ3) is 8.29. The summed E-state index contributed by atoms with van der Waals surface area (Å²) in [6, 6.07) is -1.57. The lowest BCUT2D eigenvalue weighted by Crippen LogP contribution is -2.52. The maximum Gasteiger partial charge on any atom is 0.303 e. The van der Waals surface area contributed by atoms with Gasteiger partial charge < -0.3 is 28.7 Å². The highest BCUT2D eigenvalue weighted by Gasteiger charge is 2.42. The van der Waals surface area contributed by atoms with Crippen LogP contribution in [0.2, 0.25) is 0 Å². The van der Waals surface area contributed by atoms with Crippen LogP contribution in [0.1, 0.15) is 41.5 Å². The molecule has 2 aliphatic carbocycles. The first-order valence-electron chi connectivity index (χ1n) is 12.1. The molecule has 0 N–H and O–H groups in total. The topological polar surface area (TPSA) is 146 Å². The molecule has 0 heterocycles. The van der Waals surface area contributed by atoms with Crippen LogP contribution in [-0.4, -0.2) is 95.1 Å². The van der Waals surface area contributed by atoms with Gasteiger partial charge in [-0.25, -0.2) is 0 Å². The van der Waals surface area contributed by atoms with Gasteiger partial charge in [0.25, 0.3) is 0 Å². The smallest absolute Gasteiger partial charge is 0.303 e. The lowest BCUT2D eigenvalue weighted by atomic mass is 10.1. The van der Waals surface area contributed by atoms with E-state index in [2.05, 4.69) is 0 Å². The van der Waals surface area contributed by atoms with Crippen molar-refractivity contribution in [3.63, 3.8) is 0 Å². The van der Waals surface area contributed by atoms with Crippen LogP contribution in [-0.2, 0) is 47.7 Å². The van der Waals surface area contributed by atoms with Crippen LogP contribution in [0.15, 0.2) is 36.5 Å². The second-order valence-corrected chi connectivity index (χ2v) is 8.86. The highest BCUT2D eigenvalue weighted by atomic mass is 16.6. The molecule has 12 heteroatoms. The molecule has 38 heavy (non-hydrogen) atoms. The van der Waals surface area contributed by atoms with Crippen LogP contribution in [0.25, 0.3) is 0 Å². The Balaban J connectivity index is 2.22. The van der Waals surface area contributed by atoms with Crippen molar-refractivity contribution in [2.45, 2.75) is 78.0 Å². The van der Waals surface area contributed by atoms with Crippen molar-refractivity contribution in [3.8, 4) is 0 Å². The van der Waals surface area contributed by atoms with Gasteiger partial charge in [0.15, 0.2) is 0 Å². The molecule has 12 nitrogen and oxygen atoms in total. The molecule has 0 saturated heterocycles. The zero-order valence-corrected chi connectivity index (χ0v) is 22.3. The lowest BCUT2D eigenvalue weighted by molar-refractivity contribution is -0.158. The van der Waals surface area contributed by atoms with E-state index in [1.165, 1.54) is 51.3 Å². The van der Waals surface area contributed by atoms with Gasteiger partial charge in [0.1, 0.15) is 36.5 Å². The summed E-state index contributed by atoms with van der Waals surface area (Å²) in [6.45, 7) is 7.72. The zero-order valence-electron chi connectivity index (χ0n) is 22.3. The average molecular weight is 535 g/mol. The third-order valence-corrected chi connectivity index (χ3v) is 5.84. The number of nitrogens with zero attached hydrogens (tertiary/aromatic N) is 2. The first-order valence-corrected chi connectivity index (χ1v) is 12.1. The molecular weight excluding hydrogens is 500 g/mol. The molecule has 208 valence electrons. The molecule has 2 unspecified atom stereocenters. The van der Waals surface area contributed by atoms with Crippen LogP contribution in [0.3, 0.4) is 0 Å². The van der Waals surface area contributed by atoms with Crippen molar-refractivity contribution in [2.75, 3.05) is 13.1 Å². The lowest BCUT2D eigenvalue weighted by Gasteiger charge is -2.35. The Hall–Kier alpha value is -3.96. The summed E-state index contributed by atoms with van der Waals surface area (Å²) in [5.74, 6) is -2.94. The number of esters is 4. The van der Waals surface area contributed by atoms with Crippen molar-refractivity contribution < 1.29 is 47.7 Å². The molecule has 0 bridgehead atoms. The summed E-state index contributed by atoms with van der Waals surface area (Å²) < 4.78 is 21.3. The summed E-state index contributed by atoms with van der Waals surface area (Å²) in [4.78, 5) is 74.3. The average Bonchev–Trinajstić information content (AvgIpc) is 3.32. The van der Waals surface area contributed by atoms with Crippen LogP contribution in [0.5, 0.6) is 0 Å². The summed E-state index contributed by atoms with van der Waals surface area (Å²) in [7, 11) is 0. The van der Waals surface area contributed by atoms with Crippen molar-refractivity contribution >= 4 is 35.7 Å². The van der Waals surface area contributed by atoms with E-state index in [1.54, 1.807) is 36.5 Å². The minimum Gasteiger partial charge on any atom is -0.456 e. The van der Waals surface area contributed by atoms with Gasteiger partial charge in [-0.3, -0.25) is 28.8 Å². The van der Waals surface area contributed by atoms with Crippen LogP contribution in [0, 0.1) is 0 Å². The van der Waals surface area contributed by atoms with Gasteiger partial charge >= 0.3 is 23.9 Å². The van der Waals surface area contributed by atoms with E-state index in [-0.39, 0.29) is 24.9 Å². The van der Waals surface area contributed by atoms with Gasteiger partial charge in [-0.1, -0.05) is 12.2 Å². The van der Waals surface area contributed by atoms with E-state index in [0.29, 0.717) is 0 Å². The Morgan fingerprint density at radius 2 is 0.763 bits per heavy atom. The van der Waals surface area contributed by atoms with E-state index < -0.39 is 60.4 Å². The predicted molar refractivity (Wildman–Crippen MR) is 132 cm³/mol. The van der Waals surface area contributed by atoms with E-state index in [1.807, 2.05) is 0 Å². The van der Waals surface area contributed by atoms with Crippen molar-refractivity contribution in [2.24, 2.45) is 0 Å². The standard InChI is InChI=1S/C26H34N2O10/c1-15(29)27(25-21(35-17(3)31)9-10-22(25)36-18(4)32)13-7-8-14-28(16(2)30)26-23(37-19(5)33)11-12-24(26)38-20(6)34/h7-12,21-26H,13-14H2,1-6H3/b8-7+/t21-,22+,23-,24+,25?,26?. The molecule has 0 aromatic rings. The normalized spacial score (nSPS) is 25.6. The number of carbonyl (C=O) groups is 6. The first kappa shape index (κ1) is 30.3. The highest BCUT2D eigenvalue weighted by Crippen LogP contribution is 2.26. The SMILES string of the molecule is CC(=O)O[C@H]1C=C[C@@H](OC(C)=O)C1N(C/C=C/CN(C(C)=O)C1[C@@H](OC(C)=O)C=C[C@H]1OC(C)=O)C(C)=O. The molecule has 0 radical (unpaired) electrons. The van der Waals surface area contributed by atoms with E-state index in [4.69, 9.17) is 18.9 Å². The molecule has 2 amide bonds. The number of hydrogen-bond donors (Lipinski definition) is 0. The molecule has 0 aromatic carbocycles. The van der Waals surface area contributed by atoms with Crippen molar-refractivity contribution in [1.29, 1.82) is 0 Å². The second kappa shape index (κ2) is 13.5. The highest BCUT2D eigenvalue weighted by molar-refractivity contribution is 5.76. The molecular formula is C26H34N2O10. The van der Waals surface area contributed by atoms with E-state index >= 15 is 0 Å². The molecule has 0 aliphatic heterocycles. The second-order valence-electron chi connectivity index (χ2n) is 8.86. The Morgan fingerprint density at radius 1 is 0.526 bits per heavy atom. The molecule has 0 saturated carbocycles. The van der Waals surface area contributed by atoms with Gasteiger partial charge in [-0.2, -0.15) is 0 Å². The fraction of sp³-hybridized carbons (Fsp3) is 0.538. The minimum atomic E-state index is -0.818. The number of rotatable bonds is 10. The molecule has 0 aromatic heterocycles. The molecule has 6 atom stereocenters. The fourth-order valence-corrected chi connectivity index (χ4v) is 4.48. The molecule has 0 spiro atoms. The van der Waals surface area contributed by atoms with Crippen molar-refractivity contribution in [3.05, 3.63) is 36.5 Å². The summed E-state index contributed by atoms with van der Waals surface area (Å²) >= 11 is 0. The van der Waals surface area contributed by atoms with E-state index in [9.17, 15) is 28.8 Å². The number of carbonyl (C=O) groups excluding carboxylic acids is 6. The first-order chi connectivity index (χ1) is 17.8. The van der Waals surface area contributed by atoms with E-state index in [0.717, 1.165) is 0 Å². The Morgan fingerprint density at radius 3 is 0.947 bits per heavy atom. The monoisotopic (exact) mass is 534 g/mol. The quantitative estimate of drug-likeness (QED) is 0.224. The van der Waals surface area contributed by atoms with Crippen LogP contribution in [0.4, 0.5) is 0 Å². The van der Waals surface area contributed by atoms with Gasteiger partial charge in [-0.15, -0.1) is 0 Å². The Bertz CT molecular complexity index is 901. The third-order valence-electron chi connectivity index (χ3n) is 5.84. The van der Waals surface area contributed by atoms with Gasteiger partial charge in [0.05, 0.1) is 0 Å². The van der Waals surface area contributed by atoms with Gasteiger partial charge in [-0.05, 0) is 24.3 Å². The summed E-state index contributed by atoms with van der Waals surface area (Å²) in [5.41, 5.74) is 0. The number of ether oxygens (including phenoxy) is 4. The maximum atomic E-state index is 12.5.